The van der Waals surface area contributed by atoms with Crippen LogP contribution in [0, 0.1) is 0 Å². The fourth-order valence-corrected chi connectivity index (χ4v) is 2.75. The van der Waals surface area contributed by atoms with Crippen molar-refractivity contribution < 1.29 is 9.00 Å². The van der Waals surface area contributed by atoms with Crippen LogP contribution in [0.4, 0.5) is 5.69 Å². The van der Waals surface area contributed by atoms with E-state index in [-0.39, 0.29) is 11.9 Å². The summed E-state index contributed by atoms with van der Waals surface area (Å²) < 4.78 is 11.2. The van der Waals surface area contributed by atoms with Gasteiger partial charge in [0, 0.05) is 28.5 Å². The van der Waals surface area contributed by atoms with Gasteiger partial charge in [-0.05, 0) is 38.2 Å². The number of nitrogens with zero attached hydrogens (tertiary/aromatic N) is 1. The standard InChI is InChI=1S/C15H24N2O2S/c1-5-7-14(17(2)3)15(18)16-13-9-6-8-12(10-13)11-20(4)19/h6,8-10,14H,5,7,11H2,1-4H3,(H,16,18)/t14-,20-/m1/s1. The Labute approximate surface area is 124 Å². The van der Waals surface area contributed by atoms with Gasteiger partial charge in [-0.15, -0.1) is 0 Å². The first-order chi connectivity index (χ1) is 9.43. The lowest BCUT2D eigenvalue weighted by Gasteiger charge is -2.23. The summed E-state index contributed by atoms with van der Waals surface area (Å²) >= 11 is 0. The van der Waals surface area contributed by atoms with Crippen molar-refractivity contribution in [2.24, 2.45) is 0 Å². The van der Waals surface area contributed by atoms with Gasteiger partial charge >= 0.3 is 0 Å². The lowest BCUT2D eigenvalue weighted by Crippen LogP contribution is -2.39. The molecule has 5 heteroatoms. The maximum Gasteiger partial charge on any atom is 0.241 e. The van der Waals surface area contributed by atoms with E-state index >= 15 is 0 Å². The molecule has 1 rings (SSSR count). The molecular weight excluding hydrogens is 272 g/mol. The van der Waals surface area contributed by atoms with Gasteiger partial charge in [0.25, 0.3) is 0 Å². The van der Waals surface area contributed by atoms with E-state index in [1.165, 1.54) is 0 Å². The van der Waals surface area contributed by atoms with Gasteiger partial charge in [-0.25, -0.2) is 0 Å². The number of nitrogens with one attached hydrogen (secondary N) is 1. The van der Waals surface area contributed by atoms with Crippen LogP contribution in [0.3, 0.4) is 0 Å². The molecule has 0 aliphatic heterocycles. The Morgan fingerprint density at radius 1 is 1.40 bits per heavy atom. The van der Waals surface area contributed by atoms with Crippen molar-refractivity contribution >= 4 is 22.4 Å². The predicted octanol–water partition coefficient (Wildman–Crippen LogP) is 2.23. The maximum atomic E-state index is 12.3. The number of benzene rings is 1. The Morgan fingerprint density at radius 2 is 2.10 bits per heavy atom. The monoisotopic (exact) mass is 296 g/mol. The molecular formula is C15H24N2O2S. The fourth-order valence-electron chi connectivity index (χ4n) is 2.10. The summed E-state index contributed by atoms with van der Waals surface area (Å²) in [6.07, 6.45) is 3.47. The zero-order valence-electron chi connectivity index (χ0n) is 12.7. The van der Waals surface area contributed by atoms with E-state index in [4.69, 9.17) is 0 Å². The molecule has 20 heavy (non-hydrogen) atoms. The lowest BCUT2D eigenvalue weighted by atomic mass is 10.1. The first-order valence-electron chi connectivity index (χ1n) is 6.80. The van der Waals surface area contributed by atoms with Crippen molar-refractivity contribution in [3.63, 3.8) is 0 Å². The first-order valence-corrected chi connectivity index (χ1v) is 8.53. The third-order valence-corrected chi connectivity index (χ3v) is 3.79. The quantitative estimate of drug-likeness (QED) is 0.839. The minimum absolute atomic E-state index is 0.00613. The summed E-state index contributed by atoms with van der Waals surface area (Å²) in [7, 11) is 2.95. The molecule has 1 aromatic rings. The zero-order valence-corrected chi connectivity index (χ0v) is 13.5. The number of anilines is 1. The Balaban J connectivity index is 2.76. The van der Waals surface area contributed by atoms with E-state index in [0.29, 0.717) is 5.75 Å². The van der Waals surface area contributed by atoms with Gasteiger partial charge in [0.2, 0.25) is 5.91 Å². The number of likely N-dealkylation sites (N-methyl/N-ethyl adjacent to an activating group) is 1. The molecule has 1 amide bonds. The van der Waals surface area contributed by atoms with Crippen LogP contribution in [0.2, 0.25) is 0 Å². The van der Waals surface area contributed by atoms with Crippen LogP contribution in [0.1, 0.15) is 25.3 Å². The van der Waals surface area contributed by atoms with Gasteiger partial charge in [-0.1, -0.05) is 25.5 Å². The molecule has 0 aliphatic carbocycles. The zero-order chi connectivity index (χ0) is 15.1. The summed E-state index contributed by atoms with van der Waals surface area (Å²) in [5.74, 6) is 0.516. The normalized spacial score (nSPS) is 14.1. The molecule has 0 heterocycles. The average Bonchev–Trinajstić information content (AvgIpc) is 2.34. The van der Waals surface area contributed by atoms with Crippen molar-refractivity contribution in [2.75, 3.05) is 25.7 Å². The molecule has 0 saturated carbocycles. The summed E-state index contributed by atoms with van der Waals surface area (Å²) in [6, 6.07) is 7.43. The number of amides is 1. The molecule has 2 atom stereocenters. The van der Waals surface area contributed by atoms with Gasteiger partial charge in [-0.2, -0.15) is 0 Å². The highest BCUT2D eigenvalue weighted by Crippen LogP contribution is 2.14. The fraction of sp³-hybridized carbons (Fsp3) is 0.533. The predicted molar refractivity (Wildman–Crippen MR) is 85.2 cm³/mol. The third kappa shape index (κ3) is 5.43. The molecule has 112 valence electrons. The van der Waals surface area contributed by atoms with Crippen molar-refractivity contribution in [2.45, 2.75) is 31.6 Å². The van der Waals surface area contributed by atoms with Crippen LogP contribution < -0.4 is 5.32 Å². The van der Waals surface area contributed by atoms with E-state index in [2.05, 4.69) is 12.2 Å². The van der Waals surface area contributed by atoms with Gasteiger partial charge in [0.05, 0.1) is 6.04 Å². The summed E-state index contributed by atoms with van der Waals surface area (Å²) in [6.45, 7) is 2.07. The molecule has 0 aliphatic rings. The Kier molecular flexibility index (Phi) is 6.88. The molecule has 0 radical (unpaired) electrons. The first kappa shape index (κ1) is 16.9. The van der Waals surface area contributed by atoms with Crippen LogP contribution in [0.5, 0.6) is 0 Å². The molecule has 4 nitrogen and oxygen atoms in total. The van der Waals surface area contributed by atoms with Crippen molar-refractivity contribution in [3.05, 3.63) is 29.8 Å². The van der Waals surface area contributed by atoms with Crippen molar-refractivity contribution in [1.82, 2.24) is 4.90 Å². The van der Waals surface area contributed by atoms with Gasteiger partial charge in [0.1, 0.15) is 0 Å². The Morgan fingerprint density at radius 3 is 2.65 bits per heavy atom. The molecule has 0 fully saturated rings. The number of carbonyl (C=O) groups excluding carboxylic acids is 1. The summed E-state index contributed by atoms with van der Waals surface area (Å²) in [5, 5.41) is 2.94. The number of carbonyl (C=O) groups is 1. The second kappa shape index (κ2) is 8.17. The van der Waals surface area contributed by atoms with Crippen molar-refractivity contribution in [1.29, 1.82) is 0 Å². The van der Waals surface area contributed by atoms with Gasteiger partial charge in [0.15, 0.2) is 0 Å². The highest BCUT2D eigenvalue weighted by molar-refractivity contribution is 7.83. The van der Waals surface area contributed by atoms with Crippen LogP contribution in [-0.2, 0) is 21.3 Å². The number of rotatable bonds is 7. The summed E-state index contributed by atoms with van der Waals surface area (Å²) in [5.41, 5.74) is 1.74. The van der Waals surface area contributed by atoms with Gasteiger partial charge < -0.3 is 5.32 Å². The van der Waals surface area contributed by atoms with E-state index in [1.807, 2.05) is 43.3 Å². The van der Waals surface area contributed by atoms with Crippen LogP contribution in [0.25, 0.3) is 0 Å². The molecule has 1 N–H and O–H groups in total. The minimum atomic E-state index is -0.878. The smallest absolute Gasteiger partial charge is 0.241 e. The van der Waals surface area contributed by atoms with Crippen molar-refractivity contribution in [3.8, 4) is 0 Å². The summed E-state index contributed by atoms with van der Waals surface area (Å²) in [4.78, 5) is 14.2. The molecule has 0 aromatic heterocycles. The SMILES string of the molecule is CCC[C@H](C(=O)Nc1cccc(C[S@@](C)=O)c1)N(C)C. The molecule has 1 aromatic carbocycles. The third-order valence-electron chi connectivity index (χ3n) is 3.05. The largest absolute Gasteiger partial charge is 0.325 e. The van der Waals surface area contributed by atoms with Gasteiger partial charge in [-0.3, -0.25) is 13.9 Å². The molecule has 0 unspecified atom stereocenters. The number of hydrogen-bond donors (Lipinski definition) is 1. The Hall–Kier alpha value is -1.20. The van der Waals surface area contributed by atoms with Crippen LogP contribution in [-0.4, -0.2) is 41.4 Å². The average molecular weight is 296 g/mol. The van der Waals surface area contributed by atoms with E-state index < -0.39 is 10.8 Å². The topological polar surface area (TPSA) is 49.4 Å². The maximum absolute atomic E-state index is 12.3. The Bertz CT molecular complexity index is 475. The molecule has 0 bridgehead atoms. The highest BCUT2D eigenvalue weighted by atomic mass is 32.2. The van der Waals surface area contributed by atoms with E-state index in [9.17, 15) is 9.00 Å². The van der Waals surface area contributed by atoms with E-state index in [0.717, 1.165) is 24.1 Å². The van der Waals surface area contributed by atoms with Crippen LogP contribution >= 0.6 is 0 Å². The second-order valence-corrected chi connectivity index (χ2v) is 6.61. The number of hydrogen-bond acceptors (Lipinski definition) is 3. The molecule has 0 saturated heterocycles. The van der Waals surface area contributed by atoms with Crippen LogP contribution in [0.15, 0.2) is 24.3 Å². The lowest BCUT2D eigenvalue weighted by molar-refractivity contribution is -0.120. The van der Waals surface area contributed by atoms with E-state index in [1.54, 1.807) is 6.26 Å². The second-order valence-electron chi connectivity index (χ2n) is 5.18. The highest BCUT2D eigenvalue weighted by Gasteiger charge is 2.19. The minimum Gasteiger partial charge on any atom is -0.325 e. The molecule has 0 spiro atoms.